The first-order chi connectivity index (χ1) is 13.7. The van der Waals surface area contributed by atoms with E-state index in [2.05, 4.69) is 29.0 Å². The van der Waals surface area contributed by atoms with Crippen LogP contribution in [-0.4, -0.2) is 45.4 Å². The number of anilines is 1. The van der Waals surface area contributed by atoms with E-state index in [-0.39, 0.29) is 16.3 Å². The fraction of sp³-hybridized carbons (Fsp3) is 0.409. The lowest BCUT2D eigenvalue weighted by Gasteiger charge is -2.36. The van der Waals surface area contributed by atoms with Crippen molar-refractivity contribution in [2.24, 2.45) is 0 Å². The number of hydrogen-bond acceptors (Lipinski definition) is 4. The van der Waals surface area contributed by atoms with Crippen LogP contribution in [0.3, 0.4) is 0 Å². The lowest BCUT2D eigenvalue weighted by atomic mass is 9.96. The van der Waals surface area contributed by atoms with Crippen LogP contribution in [0.25, 0.3) is 0 Å². The molecule has 2 aromatic rings. The van der Waals surface area contributed by atoms with Crippen molar-refractivity contribution in [3.8, 4) is 0 Å². The smallest absolute Gasteiger partial charge is 0.261 e. The number of benzene rings is 2. The molecule has 0 radical (unpaired) electrons. The highest BCUT2D eigenvalue weighted by Crippen LogP contribution is 2.33. The topological polar surface area (TPSA) is 78.5 Å². The molecule has 0 aromatic heterocycles. The summed E-state index contributed by atoms with van der Waals surface area (Å²) in [5, 5.41) is 3.02. The van der Waals surface area contributed by atoms with Gasteiger partial charge in [-0.25, -0.2) is 8.42 Å². The van der Waals surface area contributed by atoms with Crippen molar-refractivity contribution in [2.45, 2.75) is 43.0 Å². The number of sulfonamides is 1. The number of nitrogens with one attached hydrogen (secondary N) is 2. The van der Waals surface area contributed by atoms with Crippen LogP contribution in [-0.2, 0) is 10.0 Å². The van der Waals surface area contributed by atoms with Gasteiger partial charge < -0.3 is 10.2 Å². The van der Waals surface area contributed by atoms with Crippen LogP contribution in [0.2, 0.25) is 0 Å². The van der Waals surface area contributed by atoms with Crippen LogP contribution in [0, 0.1) is 6.92 Å². The third kappa shape index (κ3) is 4.97. The molecule has 7 heteroatoms. The fourth-order valence-corrected chi connectivity index (χ4v) is 4.84. The van der Waals surface area contributed by atoms with Crippen molar-refractivity contribution in [2.75, 3.05) is 25.4 Å². The van der Waals surface area contributed by atoms with Crippen LogP contribution < -0.4 is 10.0 Å². The fourth-order valence-electron chi connectivity index (χ4n) is 3.78. The van der Waals surface area contributed by atoms with E-state index in [1.165, 1.54) is 25.0 Å². The molecular weight excluding hydrogens is 386 g/mol. The van der Waals surface area contributed by atoms with E-state index in [1.54, 1.807) is 24.3 Å². The SMILES string of the molecule is Cc1ccc(NS(=O)(=O)c2ccc(C(=O)NCC3(N(C)C)CCCC3)cc2)cc1. The van der Waals surface area contributed by atoms with Gasteiger partial charge in [-0.1, -0.05) is 30.5 Å². The molecule has 0 aliphatic heterocycles. The zero-order chi connectivity index (χ0) is 21.1. The largest absolute Gasteiger partial charge is 0.350 e. The average molecular weight is 416 g/mol. The first-order valence-corrected chi connectivity index (χ1v) is 11.4. The molecule has 29 heavy (non-hydrogen) atoms. The Hall–Kier alpha value is -2.38. The van der Waals surface area contributed by atoms with Crippen molar-refractivity contribution >= 4 is 21.6 Å². The minimum absolute atomic E-state index is 0.0108. The van der Waals surface area contributed by atoms with Gasteiger partial charge in [0.05, 0.1) is 4.90 Å². The third-order valence-electron chi connectivity index (χ3n) is 5.79. The van der Waals surface area contributed by atoms with E-state index in [1.807, 2.05) is 19.1 Å². The van der Waals surface area contributed by atoms with Crippen LogP contribution in [0.4, 0.5) is 5.69 Å². The first kappa shape index (κ1) is 21.3. The quantitative estimate of drug-likeness (QED) is 0.726. The van der Waals surface area contributed by atoms with Gasteiger partial charge in [0, 0.05) is 23.3 Å². The summed E-state index contributed by atoms with van der Waals surface area (Å²) in [5.41, 5.74) is 2.02. The Morgan fingerprint density at radius 3 is 2.14 bits per heavy atom. The Balaban J connectivity index is 1.65. The Morgan fingerprint density at radius 2 is 1.59 bits per heavy atom. The lowest BCUT2D eigenvalue weighted by Crippen LogP contribution is -2.50. The van der Waals surface area contributed by atoms with E-state index in [0.717, 1.165) is 18.4 Å². The van der Waals surface area contributed by atoms with Gasteiger partial charge in [0.2, 0.25) is 0 Å². The molecule has 1 fully saturated rings. The summed E-state index contributed by atoms with van der Waals surface area (Å²) in [7, 11) is 0.404. The molecule has 2 N–H and O–H groups in total. The van der Waals surface area contributed by atoms with Crippen molar-refractivity contribution in [1.29, 1.82) is 0 Å². The number of likely N-dealkylation sites (N-methyl/N-ethyl adjacent to an activating group) is 1. The molecule has 1 aliphatic rings. The predicted octanol–water partition coefficient (Wildman–Crippen LogP) is 3.40. The molecule has 3 rings (SSSR count). The second-order valence-corrected chi connectivity index (χ2v) is 9.69. The predicted molar refractivity (Wildman–Crippen MR) is 116 cm³/mol. The number of amides is 1. The zero-order valence-corrected chi connectivity index (χ0v) is 18.1. The zero-order valence-electron chi connectivity index (χ0n) is 17.2. The van der Waals surface area contributed by atoms with Crippen LogP contribution in [0.15, 0.2) is 53.4 Å². The van der Waals surface area contributed by atoms with Gasteiger partial charge in [-0.2, -0.15) is 0 Å². The second-order valence-electron chi connectivity index (χ2n) is 8.00. The monoisotopic (exact) mass is 415 g/mol. The Morgan fingerprint density at radius 1 is 1.00 bits per heavy atom. The summed E-state index contributed by atoms with van der Waals surface area (Å²) in [6.07, 6.45) is 4.49. The Kier molecular flexibility index (Phi) is 6.29. The number of hydrogen-bond donors (Lipinski definition) is 2. The molecule has 1 amide bonds. The molecule has 156 valence electrons. The minimum atomic E-state index is -3.70. The van der Waals surface area contributed by atoms with Gasteiger partial charge in [0.1, 0.15) is 0 Å². The molecule has 0 heterocycles. The maximum Gasteiger partial charge on any atom is 0.261 e. The first-order valence-electron chi connectivity index (χ1n) is 9.87. The Labute approximate surface area is 173 Å². The van der Waals surface area contributed by atoms with E-state index in [0.29, 0.717) is 17.8 Å². The van der Waals surface area contributed by atoms with Gasteiger partial charge in [0.25, 0.3) is 15.9 Å². The van der Waals surface area contributed by atoms with Crippen molar-refractivity contribution < 1.29 is 13.2 Å². The number of carbonyl (C=O) groups excluding carboxylic acids is 1. The molecule has 2 aromatic carbocycles. The summed E-state index contributed by atoms with van der Waals surface area (Å²) in [4.78, 5) is 14.9. The van der Waals surface area contributed by atoms with Gasteiger partial charge in [-0.3, -0.25) is 9.52 Å². The number of carbonyl (C=O) groups is 1. The molecule has 0 spiro atoms. The summed E-state index contributed by atoms with van der Waals surface area (Å²) in [6.45, 7) is 2.53. The van der Waals surface area contributed by atoms with E-state index in [9.17, 15) is 13.2 Å². The standard InChI is InChI=1S/C22H29N3O3S/c1-17-6-10-19(11-7-17)24-29(27,28)20-12-8-18(9-13-20)21(26)23-16-22(25(2)3)14-4-5-15-22/h6-13,24H,4-5,14-16H2,1-3H3,(H,23,26). The number of nitrogens with zero attached hydrogens (tertiary/aromatic N) is 1. The highest BCUT2D eigenvalue weighted by molar-refractivity contribution is 7.92. The van der Waals surface area contributed by atoms with E-state index < -0.39 is 10.0 Å². The van der Waals surface area contributed by atoms with Gasteiger partial charge in [0.15, 0.2) is 0 Å². The van der Waals surface area contributed by atoms with Gasteiger partial charge in [-0.05, 0) is 70.3 Å². The molecule has 0 unspecified atom stereocenters. The number of aryl methyl sites for hydroxylation is 1. The minimum Gasteiger partial charge on any atom is -0.350 e. The van der Waals surface area contributed by atoms with Crippen LogP contribution in [0.1, 0.15) is 41.6 Å². The lowest BCUT2D eigenvalue weighted by molar-refractivity contribution is 0.0900. The van der Waals surface area contributed by atoms with Crippen molar-refractivity contribution in [1.82, 2.24) is 10.2 Å². The Bertz CT molecular complexity index is 946. The highest BCUT2D eigenvalue weighted by atomic mass is 32.2. The summed E-state index contributed by atoms with van der Waals surface area (Å²) < 4.78 is 27.7. The van der Waals surface area contributed by atoms with Crippen molar-refractivity contribution in [3.63, 3.8) is 0 Å². The maximum absolute atomic E-state index is 12.6. The second kappa shape index (κ2) is 8.55. The normalized spacial score (nSPS) is 16.0. The van der Waals surface area contributed by atoms with E-state index in [4.69, 9.17) is 0 Å². The molecular formula is C22H29N3O3S. The van der Waals surface area contributed by atoms with E-state index >= 15 is 0 Å². The maximum atomic E-state index is 12.6. The van der Waals surface area contributed by atoms with Crippen LogP contribution in [0.5, 0.6) is 0 Å². The molecule has 0 bridgehead atoms. The highest BCUT2D eigenvalue weighted by Gasteiger charge is 2.36. The molecule has 0 saturated heterocycles. The van der Waals surface area contributed by atoms with Crippen molar-refractivity contribution in [3.05, 3.63) is 59.7 Å². The molecule has 6 nitrogen and oxygen atoms in total. The summed E-state index contributed by atoms with van der Waals surface area (Å²) in [5.74, 6) is -0.187. The van der Waals surface area contributed by atoms with Gasteiger partial charge >= 0.3 is 0 Å². The molecule has 1 saturated carbocycles. The summed E-state index contributed by atoms with van der Waals surface area (Å²) in [6, 6.07) is 13.2. The van der Waals surface area contributed by atoms with Gasteiger partial charge in [-0.15, -0.1) is 0 Å². The van der Waals surface area contributed by atoms with Crippen LogP contribution >= 0.6 is 0 Å². The molecule has 0 atom stereocenters. The average Bonchev–Trinajstić information content (AvgIpc) is 3.18. The molecule has 1 aliphatic carbocycles. The summed E-state index contributed by atoms with van der Waals surface area (Å²) >= 11 is 0. The number of rotatable bonds is 7. The third-order valence-corrected chi connectivity index (χ3v) is 7.19.